The highest BCUT2D eigenvalue weighted by Gasteiger charge is 2.09. The normalized spacial score (nSPS) is 10.4. The Bertz CT molecular complexity index is 539. The molecule has 0 spiro atoms. The highest BCUT2D eigenvalue weighted by atomic mass is 32.2. The first-order valence-electron chi connectivity index (χ1n) is 4.88. The van der Waals surface area contributed by atoms with Gasteiger partial charge in [-0.15, -0.1) is 0 Å². The highest BCUT2D eigenvalue weighted by Crippen LogP contribution is 2.22. The molecule has 0 unspecified atom stereocenters. The highest BCUT2D eigenvalue weighted by molar-refractivity contribution is 7.98. The minimum Gasteiger partial charge on any atom is -0.475 e. The molecule has 0 saturated heterocycles. The van der Waals surface area contributed by atoms with E-state index in [0.29, 0.717) is 11.5 Å². The number of thioether (sulfide) groups is 1. The molecule has 1 N–H and O–H groups in total. The molecule has 0 aromatic carbocycles. The smallest absolute Gasteiger partial charge is 0.371 e. The predicted molar refractivity (Wildman–Crippen MR) is 62.0 cm³/mol. The number of carboxylic acids is 1. The van der Waals surface area contributed by atoms with Gasteiger partial charge in [-0.1, -0.05) is 11.8 Å². The Morgan fingerprint density at radius 1 is 1.47 bits per heavy atom. The molecule has 2 heterocycles. The molecule has 88 valence electrons. The lowest BCUT2D eigenvalue weighted by Gasteiger charge is -1.98. The summed E-state index contributed by atoms with van der Waals surface area (Å²) in [4.78, 5) is 18.7. The number of aryl methyl sites for hydroxylation is 1. The topological polar surface area (TPSA) is 76.2 Å². The molecule has 0 atom stereocenters. The van der Waals surface area contributed by atoms with Gasteiger partial charge in [0.15, 0.2) is 0 Å². The van der Waals surface area contributed by atoms with E-state index in [4.69, 9.17) is 9.52 Å². The Balaban J connectivity index is 2.00. The third-order valence-electron chi connectivity index (χ3n) is 2.01. The third kappa shape index (κ3) is 3.07. The minimum atomic E-state index is -1.06. The fourth-order valence-corrected chi connectivity index (χ4v) is 2.05. The zero-order valence-corrected chi connectivity index (χ0v) is 9.90. The van der Waals surface area contributed by atoms with Gasteiger partial charge in [-0.05, 0) is 25.1 Å². The lowest BCUT2D eigenvalue weighted by atomic mass is 10.4. The fourth-order valence-electron chi connectivity index (χ4n) is 1.22. The van der Waals surface area contributed by atoms with Crippen molar-refractivity contribution in [3.8, 4) is 0 Å². The van der Waals surface area contributed by atoms with Crippen LogP contribution in [0.3, 0.4) is 0 Å². The number of nitrogens with zero attached hydrogens (tertiary/aromatic N) is 2. The molecule has 2 rings (SSSR count). The standard InChI is InChI=1S/C11H10N2O3S/c1-7-4-10(13-6-12-7)17-5-8-2-3-9(16-8)11(14)15/h2-4,6H,5H2,1H3,(H,14,15). The van der Waals surface area contributed by atoms with Crippen LogP contribution in [0.25, 0.3) is 0 Å². The maximum absolute atomic E-state index is 10.6. The van der Waals surface area contributed by atoms with E-state index in [1.54, 1.807) is 6.07 Å². The van der Waals surface area contributed by atoms with Crippen LogP contribution in [0.1, 0.15) is 22.0 Å². The summed E-state index contributed by atoms with van der Waals surface area (Å²) < 4.78 is 5.13. The molecule has 0 saturated carbocycles. The maximum Gasteiger partial charge on any atom is 0.371 e. The van der Waals surface area contributed by atoms with Gasteiger partial charge in [0.2, 0.25) is 5.76 Å². The van der Waals surface area contributed by atoms with Crippen molar-refractivity contribution < 1.29 is 14.3 Å². The first kappa shape index (κ1) is 11.7. The summed E-state index contributed by atoms with van der Waals surface area (Å²) in [5, 5.41) is 9.54. The molecule has 2 aromatic rings. The largest absolute Gasteiger partial charge is 0.475 e. The molecule has 0 aliphatic rings. The van der Waals surface area contributed by atoms with E-state index in [-0.39, 0.29) is 5.76 Å². The van der Waals surface area contributed by atoms with Crippen molar-refractivity contribution in [2.75, 3.05) is 0 Å². The molecule has 2 aromatic heterocycles. The van der Waals surface area contributed by atoms with Crippen LogP contribution in [-0.2, 0) is 5.75 Å². The van der Waals surface area contributed by atoms with Crippen molar-refractivity contribution >= 4 is 17.7 Å². The number of aromatic nitrogens is 2. The van der Waals surface area contributed by atoms with Gasteiger partial charge in [-0.2, -0.15) is 0 Å². The summed E-state index contributed by atoms with van der Waals surface area (Å²) in [6.07, 6.45) is 1.50. The van der Waals surface area contributed by atoms with Crippen molar-refractivity contribution in [1.82, 2.24) is 9.97 Å². The van der Waals surface area contributed by atoms with Crippen LogP contribution >= 0.6 is 11.8 Å². The van der Waals surface area contributed by atoms with Gasteiger partial charge in [0.25, 0.3) is 0 Å². The van der Waals surface area contributed by atoms with Crippen LogP contribution in [0.15, 0.2) is 34.0 Å². The predicted octanol–water partition coefficient (Wildman–Crippen LogP) is 2.37. The zero-order valence-electron chi connectivity index (χ0n) is 9.08. The van der Waals surface area contributed by atoms with Gasteiger partial charge in [0, 0.05) is 5.69 Å². The molecule has 0 amide bonds. The first-order chi connectivity index (χ1) is 8.15. The Morgan fingerprint density at radius 3 is 2.94 bits per heavy atom. The monoisotopic (exact) mass is 250 g/mol. The lowest BCUT2D eigenvalue weighted by Crippen LogP contribution is -1.91. The summed E-state index contributed by atoms with van der Waals surface area (Å²) >= 11 is 1.47. The SMILES string of the molecule is Cc1cc(SCc2ccc(C(=O)O)o2)ncn1. The second-order valence-electron chi connectivity index (χ2n) is 3.36. The van der Waals surface area contributed by atoms with Crippen molar-refractivity contribution in [2.24, 2.45) is 0 Å². The zero-order chi connectivity index (χ0) is 12.3. The molecule has 0 aliphatic heterocycles. The lowest BCUT2D eigenvalue weighted by molar-refractivity contribution is 0.0661. The number of carboxylic acid groups (broad SMARTS) is 1. The maximum atomic E-state index is 10.6. The van der Waals surface area contributed by atoms with Crippen molar-refractivity contribution in [2.45, 2.75) is 17.7 Å². The number of hydrogen-bond acceptors (Lipinski definition) is 5. The fraction of sp³-hybridized carbons (Fsp3) is 0.182. The number of rotatable bonds is 4. The average molecular weight is 250 g/mol. The van der Waals surface area contributed by atoms with Gasteiger partial charge < -0.3 is 9.52 Å². The van der Waals surface area contributed by atoms with E-state index in [1.165, 1.54) is 24.2 Å². The van der Waals surface area contributed by atoms with E-state index in [1.807, 2.05) is 13.0 Å². The van der Waals surface area contributed by atoms with Crippen LogP contribution in [0, 0.1) is 6.92 Å². The molecule has 0 fully saturated rings. The summed E-state index contributed by atoms with van der Waals surface area (Å²) in [5.41, 5.74) is 0.896. The summed E-state index contributed by atoms with van der Waals surface area (Å²) in [7, 11) is 0. The van der Waals surface area contributed by atoms with Crippen LogP contribution in [0.4, 0.5) is 0 Å². The van der Waals surface area contributed by atoms with Crippen LogP contribution < -0.4 is 0 Å². The molecule has 17 heavy (non-hydrogen) atoms. The van der Waals surface area contributed by atoms with Gasteiger partial charge in [0.05, 0.1) is 5.75 Å². The first-order valence-corrected chi connectivity index (χ1v) is 5.87. The van der Waals surface area contributed by atoms with E-state index < -0.39 is 5.97 Å². The second kappa shape index (κ2) is 5.01. The molecule has 0 bridgehead atoms. The summed E-state index contributed by atoms with van der Waals surface area (Å²) in [5.74, 6) is 0.0614. The number of hydrogen-bond donors (Lipinski definition) is 1. The van der Waals surface area contributed by atoms with E-state index in [0.717, 1.165) is 10.7 Å². The molecule has 0 aliphatic carbocycles. The van der Waals surface area contributed by atoms with Crippen LogP contribution in [0.5, 0.6) is 0 Å². The Kier molecular flexibility index (Phi) is 3.43. The second-order valence-corrected chi connectivity index (χ2v) is 4.35. The van der Waals surface area contributed by atoms with Crippen molar-refractivity contribution in [1.29, 1.82) is 0 Å². The van der Waals surface area contributed by atoms with Gasteiger partial charge in [0.1, 0.15) is 17.1 Å². The molecule has 0 radical (unpaired) electrons. The number of furan rings is 1. The van der Waals surface area contributed by atoms with Gasteiger partial charge in [-0.3, -0.25) is 0 Å². The third-order valence-corrected chi connectivity index (χ3v) is 2.96. The van der Waals surface area contributed by atoms with Crippen molar-refractivity contribution in [3.63, 3.8) is 0 Å². The Labute approximate surface area is 102 Å². The molecule has 6 heteroatoms. The minimum absolute atomic E-state index is 0.0422. The van der Waals surface area contributed by atoms with Gasteiger partial charge >= 0.3 is 5.97 Å². The Morgan fingerprint density at radius 2 is 2.29 bits per heavy atom. The molecular formula is C11H10N2O3S. The number of carbonyl (C=O) groups is 1. The Hall–Kier alpha value is -1.82. The average Bonchev–Trinajstić information content (AvgIpc) is 2.75. The van der Waals surface area contributed by atoms with E-state index >= 15 is 0 Å². The number of aromatic carboxylic acids is 1. The van der Waals surface area contributed by atoms with Gasteiger partial charge in [-0.25, -0.2) is 14.8 Å². The van der Waals surface area contributed by atoms with E-state index in [2.05, 4.69) is 9.97 Å². The van der Waals surface area contributed by atoms with Crippen LogP contribution in [0.2, 0.25) is 0 Å². The molecule has 5 nitrogen and oxygen atoms in total. The summed E-state index contributed by atoms with van der Waals surface area (Å²) in [6, 6.07) is 4.97. The summed E-state index contributed by atoms with van der Waals surface area (Å²) in [6.45, 7) is 1.89. The van der Waals surface area contributed by atoms with Crippen LogP contribution in [-0.4, -0.2) is 21.0 Å². The van der Waals surface area contributed by atoms with Crippen molar-refractivity contribution in [3.05, 3.63) is 41.7 Å². The molecular weight excluding hydrogens is 240 g/mol. The van der Waals surface area contributed by atoms with E-state index in [9.17, 15) is 4.79 Å². The quantitative estimate of drug-likeness (QED) is 0.663.